The van der Waals surface area contributed by atoms with Gasteiger partial charge in [-0.3, -0.25) is 15.1 Å². The molecule has 0 N–H and O–H groups in total. The Morgan fingerprint density at radius 3 is 2.30 bits per heavy atom. The number of aryl methyl sites for hydroxylation is 1. The highest BCUT2D eigenvalue weighted by atomic mass is 35.5. The molecular formula is C20H14Cl2N2O2S. The average molecular weight is 417 g/mol. The highest BCUT2D eigenvalue weighted by Crippen LogP contribution is 2.32. The number of rotatable bonds is 5. The van der Waals surface area contributed by atoms with E-state index in [1.807, 2.05) is 31.2 Å². The zero-order valence-electron chi connectivity index (χ0n) is 14.2. The monoisotopic (exact) mass is 416 g/mol. The third kappa shape index (κ3) is 5.32. The van der Waals surface area contributed by atoms with Crippen LogP contribution in [0.15, 0.2) is 75.4 Å². The molecule has 0 aliphatic rings. The number of nitrogens with zero attached hydrogens (tertiary/aromatic N) is 2. The normalized spacial score (nSPS) is 11.1. The van der Waals surface area contributed by atoms with Gasteiger partial charge in [0, 0.05) is 43.7 Å². The molecule has 0 aliphatic heterocycles. The molecule has 0 aliphatic carbocycles. The van der Waals surface area contributed by atoms with Gasteiger partial charge in [0.15, 0.2) is 0 Å². The average Bonchev–Trinajstić information content (AvgIpc) is 2.62. The molecule has 27 heavy (non-hydrogen) atoms. The van der Waals surface area contributed by atoms with Crippen LogP contribution in [0.25, 0.3) is 0 Å². The van der Waals surface area contributed by atoms with Crippen LogP contribution >= 0.6 is 35.0 Å². The molecule has 0 bridgehead atoms. The first-order valence-corrected chi connectivity index (χ1v) is 9.51. The second-order valence-corrected chi connectivity index (χ2v) is 7.77. The molecule has 0 unspecified atom stereocenters. The fraction of sp³-hybridized carbons (Fsp3) is 0.0500. The summed E-state index contributed by atoms with van der Waals surface area (Å²) in [5, 5.41) is 12.1. The second-order valence-electron chi connectivity index (χ2n) is 5.78. The molecule has 0 radical (unpaired) electrons. The van der Waals surface area contributed by atoms with Crippen molar-refractivity contribution in [3.8, 4) is 0 Å². The van der Waals surface area contributed by atoms with Crippen molar-refractivity contribution in [1.82, 2.24) is 0 Å². The molecule has 0 amide bonds. The Morgan fingerprint density at radius 1 is 1.00 bits per heavy atom. The predicted molar refractivity (Wildman–Crippen MR) is 112 cm³/mol. The highest BCUT2D eigenvalue weighted by Gasteiger charge is 2.11. The number of hydrogen-bond acceptors (Lipinski definition) is 4. The Balaban J connectivity index is 1.97. The van der Waals surface area contributed by atoms with E-state index in [9.17, 15) is 10.1 Å². The van der Waals surface area contributed by atoms with Crippen LogP contribution in [0.5, 0.6) is 0 Å². The van der Waals surface area contributed by atoms with Crippen molar-refractivity contribution in [2.75, 3.05) is 0 Å². The lowest BCUT2D eigenvalue weighted by Gasteiger charge is -2.06. The first-order valence-electron chi connectivity index (χ1n) is 7.94. The maximum atomic E-state index is 11.1. The van der Waals surface area contributed by atoms with Crippen LogP contribution in [-0.2, 0) is 0 Å². The van der Waals surface area contributed by atoms with Crippen molar-refractivity contribution >= 4 is 52.6 Å². The SMILES string of the molecule is Cc1ccc(Sc2ccc([N+](=O)[O-])cc2/C=N/c2cc(Cl)cc(Cl)c2)cc1. The molecular weight excluding hydrogens is 403 g/mol. The lowest BCUT2D eigenvalue weighted by atomic mass is 10.2. The van der Waals surface area contributed by atoms with Crippen LogP contribution < -0.4 is 0 Å². The Hall–Kier alpha value is -2.34. The minimum absolute atomic E-state index is 0.00818. The van der Waals surface area contributed by atoms with Crippen molar-refractivity contribution in [2.45, 2.75) is 16.7 Å². The van der Waals surface area contributed by atoms with Gasteiger partial charge >= 0.3 is 0 Å². The smallest absolute Gasteiger partial charge is 0.258 e. The number of nitro groups is 1. The molecule has 0 aromatic heterocycles. The highest BCUT2D eigenvalue weighted by molar-refractivity contribution is 7.99. The van der Waals surface area contributed by atoms with E-state index in [0.717, 1.165) is 9.79 Å². The van der Waals surface area contributed by atoms with Crippen LogP contribution in [0.2, 0.25) is 10.0 Å². The summed E-state index contributed by atoms with van der Waals surface area (Å²) in [6.45, 7) is 2.02. The number of hydrogen-bond donors (Lipinski definition) is 0. The van der Waals surface area contributed by atoms with Gasteiger partial charge in [-0.2, -0.15) is 0 Å². The van der Waals surface area contributed by atoms with Crippen molar-refractivity contribution in [1.29, 1.82) is 0 Å². The Kier molecular flexibility index (Phi) is 6.16. The number of non-ortho nitro benzene ring substituents is 1. The number of halogens is 2. The lowest BCUT2D eigenvalue weighted by Crippen LogP contribution is -1.92. The molecule has 0 saturated heterocycles. The largest absolute Gasteiger partial charge is 0.270 e. The molecule has 3 aromatic carbocycles. The molecule has 0 atom stereocenters. The molecule has 0 fully saturated rings. The summed E-state index contributed by atoms with van der Waals surface area (Å²) in [6, 6.07) is 17.8. The maximum absolute atomic E-state index is 11.1. The van der Waals surface area contributed by atoms with E-state index < -0.39 is 4.92 Å². The standard InChI is InChI=1S/C20H14Cl2N2O2S/c1-13-2-5-19(6-3-13)27-20-7-4-18(24(25)26)8-14(20)12-23-17-10-15(21)9-16(22)11-17/h2-12H,1H3/b23-12+. The summed E-state index contributed by atoms with van der Waals surface area (Å²) < 4.78 is 0. The Bertz CT molecular complexity index is 1000. The van der Waals surface area contributed by atoms with Crippen LogP contribution in [0.1, 0.15) is 11.1 Å². The second kappa shape index (κ2) is 8.57. The summed E-state index contributed by atoms with van der Waals surface area (Å²) in [5.41, 5.74) is 2.40. The van der Waals surface area contributed by atoms with Gasteiger partial charge in [0.05, 0.1) is 10.6 Å². The van der Waals surface area contributed by atoms with Crippen molar-refractivity contribution < 1.29 is 4.92 Å². The summed E-state index contributed by atoms with van der Waals surface area (Å²) in [5.74, 6) is 0. The molecule has 0 heterocycles. The number of aliphatic imine (C=N–C) groups is 1. The van der Waals surface area contributed by atoms with Crippen LogP contribution in [0.4, 0.5) is 11.4 Å². The van der Waals surface area contributed by atoms with Gasteiger partial charge in [-0.05, 0) is 43.3 Å². The molecule has 0 saturated carbocycles. The van der Waals surface area contributed by atoms with E-state index in [4.69, 9.17) is 23.2 Å². The van der Waals surface area contributed by atoms with Gasteiger partial charge < -0.3 is 0 Å². The summed E-state index contributed by atoms with van der Waals surface area (Å²) in [4.78, 5) is 17.0. The molecule has 3 rings (SSSR count). The number of nitro benzene ring substituents is 1. The van der Waals surface area contributed by atoms with Gasteiger partial charge in [-0.1, -0.05) is 52.7 Å². The van der Waals surface area contributed by atoms with Crippen LogP contribution in [-0.4, -0.2) is 11.1 Å². The van der Waals surface area contributed by atoms with Crippen molar-refractivity contribution in [3.63, 3.8) is 0 Å². The van der Waals surface area contributed by atoms with Gasteiger partial charge in [0.25, 0.3) is 5.69 Å². The van der Waals surface area contributed by atoms with Crippen molar-refractivity contribution in [3.05, 3.63) is 92.0 Å². The van der Waals surface area contributed by atoms with Gasteiger partial charge in [-0.25, -0.2) is 0 Å². The number of benzene rings is 3. The van der Waals surface area contributed by atoms with E-state index in [1.54, 1.807) is 30.5 Å². The molecule has 136 valence electrons. The Labute approximate surface area is 171 Å². The fourth-order valence-corrected chi connectivity index (χ4v) is 3.74. The fourth-order valence-electron chi connectivity index (χ4n) is 2.33. The zero-order valence-corrected chi connectivity index (χ0v) is 16.6. The van der Waals surface area contributed by atoms with Gasteiger partial charge in [0.1, 0.15) is 0 Å². The zero-order chi connectivity index (χ0) is 19.4. The first-order chi connectivity index (χ1) is 12.9. The van der Waals surface area contributed by atoms with Gasteiger partial charge in [-0.15, -0.1) is 0 Å². The van der Waals surface area contributed by atoms with E-state index in [2.05, 4.69) is 4.99 Å². The quantitative estimate of drug-likeness (QED) is 0.252. The summed E-state index contributed by atoms with van der Waals surface area (Å²) >= 11 is 13.5. The summed E-state index contributed by atoms with van der Waals surface area (Å²) in [7, 11) is 0. The third-order valence-corrected chi connectivity index (χ3v) is 5.19. The van der Waals surface area contributed by atoms with E-state index in [-0.39, 0.29) is 5.69 Å². The molecule has 7 heteroatoms. The van der Waals surface area contributed by atoms with Gasteiger partial charge in [0.2, 0.25) is 0 Å². The molecule has 0 spiro atoms. The third-order valence-electron chi connectivity index (χ3n) is 3.65. The van der Waals surface area contributed by atoms with E-state index >= 15 is 0 Å². The van der Waals surface area contributed by atoms with E-state index in [0.29, 0.717) is 21.3 Å². The lowest BCUT2D eigenvalue weighted by molar-refractivity contribution is -0.384. The predicted octanol–water partition coefficient (Wildman–Crippen LogP) is 7.11. The maximum Gasteiger partial charge on any atom is 0.270 e. The Morgan fingerprint density at radius 2 is 1.67 bits per heavy atom. The minimum atomic E-state index is -0.423. The first kappa shape index (κ1) is 19.4. The van der Waals surface area contributed by atoms with E-state index in [1.165, 1.54) is 29.5 Å². The topological polar surface area (TPSA) is 55.5 Å². The van der Waals surface area contributed by atoms with Crippen LogP contribution in [0.3, 0.4) is 0 Å². The molecule has 3 aromatic rings. The van der Waals surface area contributed by atoms with Crippen molar-refractivity contribution in [2.24, 2.45) is 4.99 Å². The molecule has 4 nitrogen and oxygen atoms in total. The summed E-state index contributed by atoms with van der Waals surface area (Å²) in [6.07, 6.45) is 1.59. The minimum Gasteiger partial charge on any atom is -0.258 e. The van der Waals surface area contributed by atoms with Crippen LogP contribution in [0, 0.1) is 17.0 Å².